The normalized spacial score (nSPS) is 30.3. The molecule has 0 saturated carbocycles. The van der Waals surface area contributed by atoms with E-state index in [9.17, 15) is 0 Å². The Morgan fingerprint density at radius 2 is 1.88 bits per heavy atom. The lowest BCUT2D eigenvalue weighted by Gasteiger charge is -2.35. The first kappa shape index (κ1) is 11.5. The molecule has 1 aromatic carbocycles. The second kappa shape index (κ2) is 4.51. The number of aliphatic hydroxyl groups excluding tert-OH is 1. The van der Waals surface area contributed by atoms with Crippen molar-refractivity contribution in [3.05, 3.63) is 35.4 Å². The van der Waals surface area contributed by atoms with Crippen LogP contribution in [0.3, 0.4) is 0 Å². The molecule has 0 bridgehead atoms. The monoisotopic (exact) mass is 223 g/mol. The predicted molar refractivity (Wildman–Crippen MR) is 59.8 cm³/mol. The third-order valence-electron chi connectivity index (χ3n) is 2.71. The van der Waals surface area contributed by atoms with Crippen molar-refractivity contribution in [1.29, 1.82) is 0 Å². The van der Waals surface area contributed by atoms with Crippen LogP contribution in [-0.2, 0) is 9.47 Å². The van der Waals surface area contributed by atoms with Gasteiger partial charge in [0.15, 0.2) is 6.29 Å². The van der Waals surface area contributed by atoms with Gasteiger partial charge in [-0.05, 0) is 6.92 Å². The van der Waals surface area contributed by atoms with Crippen LogP contribution in [0.15, 0.2) is 24.3 Å². The smallest absolute Gasteiger partial charge is 0.183 e. The molecular weight excluding hydrogens is 206 g/mol. The zero-order chi connectivity index (χ0) is 11.6. The van der Waals surface area contributed by atoms with Gasteiger partial charge in [-0.25, -0.2) is 0 Å². The van der Waals surface area contributed by atoms with Gasteiger partial charge >= 0.3 is 0 Å². The van der Waals surface area contributed by atoms with Gasteiger partial charge in [-0.3, -0.25) is 0 Å². The van der Waals surface area contributed by atoms with Gasteiger partial charge in [0, 0.05) is 5.56 Å². The summed E-state index contributed by atoms with van der Waals surface area (Å²) in [5.74, 6) is 0. The number of hydrogen-bond donors (Lipinski definition) is 2. The van der Waals surface area contributed by atoms with E-state index in [1.807, 2.05) is 31.2 Å². The summed E-state index contributed by atoms with van der Waals surface area (Å²) < 4.78 is 11.0. The lowest BCUT2D eigenvalue weighted by atomic mass is 10.0. The molecule has 2 rings (SSSR count). The highest BCUT2D eigenvalue weighted by Gasteiger charge is 2.33. The van der Waals surface area contributed by atoms with Crippen LogP contribution in [0, 0.1) is 6.92 Å². The highest BCUT2D eigenvalue weighted by atomic mass is 16.7. The summed E-state index contributed by atoms with van der Waals surface area (Å²) in [5.41, 5.74) is 7.23. The summed E-state index contributed by atoms with van der Waals surface area (Å²) in [7, 11) is 0. The molecule has 1 saturated heterocycles. The van der Waals surface area contributed by atoms with Gasteiger partial charge in [-0.15, -0.1) is 0 Å². The van der Waals surface area contributed by atoms with Crippen LogP contribution in [0.25, 0.3) is 0 Å². The molecule has 0 radical (unpaired) electrons. The summed E-state index contributed by atoms with van der Waals surface area (Å²) in [4.78, 5) is 0. The van der Waals surface area contributed by atoms with E-state index in [-0.39, 0.29) is 12.9 Å². The van der Waals surface area contributed by atoms with Gasteiger partial charge in [0.05, 0.1) is 25.4 Å². The van der Waals surface area contributed by atoms with Crippen LogP contribution in [0.1, 0.15) is 17.4 Å². The van der Waals surface area contributed by atoms with Gasteiger partial charge in [-0.1, -0.05) is 29.8 Å². The fraction of sp³-hybridized carbons (Fsp3) is 0.500. The van der Waals surface area contributed by atoms with E-state index in [4.69, 9.17) is 20.3 Å². The molecule has 1 aliphatic rings. The summed E-state index contributed by atoms with van der Waals surface area (Å²) in [6.07, 6.45) is -0.371. The standard InChI is InChI=1S/C12H17NO3/c1-9-2-4-10(5-3-9)11-15-7-12(13,6-14)8-16-11/h2-5,11,14H,6-8,13H2,1H3. The SMILES string of the molecule is Cc1ccc(C2OCC(N)(CO)CO2)cc1. The molecule has 0 unspecified atom stereocenters. The van der Waals surface area contributed by atoms with Crippen molar-refractivity contribution in [3.8, 4) is 0 Å². The molecule has 16 heavy (non-hydrogen) atoms. The van der Waals surface area contributed by atoms with Gasteiger partial charge in [-0.2, -0.15) is 0 Å². The van der Waals surface area contributed by atoms with Crippen molar-refractivity contribution in [3.63, 3.8) is 0 Å². The molecule has 88 valence electrons. The molecular formula is C12H17NO3. The Morgan fingerprint density at radius 1 is 1.31 bits per heavy atom. The Hall–Kier alpha value is -0.940. The quantitative estimate of drug-likeness (QED) is 0.775. The fourth-order valence-corrected chi connectivity index (χ4v) is 1.58. The lowest BCUT2D eigenvalue weighted by molar-refractivity contribution is -0.216. The largest absolute Gasteiger partial charge is 0.394 e. The van der Waals surface area contributed by atoms with Crippen molar-refractivity contribution in [2.24, 2.45) is 5.73 Å². The summed E-state index contributed by atoms with van der Waals surface area (Å²) in [6, 6.07) is 7.97. The number of aliphatic hydroxyl groups is 1. The molecule has 0 amide bonds. The molecule has 0 aliphatic carbocycles. The van der Waals surface area contributed by atoms with E-state index in [0.29, 0.717) is 13.2 Å². The van der Waals surface area contributed by atoms with E-state index in [1.165, 1.54) is 5.56 Å². The Balaban J connectivity index is 2.01. The average Bonchev–Trinajstić information content (AvgIpc) is 2.32. The van der Waals surface area contributed by atoms with E-state index in [1.54, 1.807) is 0 Å². The zero-order valence-corrected chi connectivity index (χ0v) is 9.35. The van der Waals surface area contributed by atoms with Gasteiger partial charge < -0.3 is 20.3 Å². The van der Waals surface area contributed by atoms with Crippen LogP contribution in [0.2, 0.25) is 0 Å². The second-order valence-corrected chi connectivity index (χ2v) is 4.39. The molecule has 0 aromatic heterocycles. The zero-order valence-electron chi connectivity index (χ0n) is 9.35. The molecule has 0 atom stereocenters. The van der Waals surface area contributed by atoms with Crippen LogP contribution in [0.5, 0.6) is 0 Å². The number of hydrogen-bond acceptors (Lipinski definition) is 4. The first-order chi connectivity index (χ1) is 7.63. The molecule has 1 aromatic rings. The topological polar surface area (TPSA) is 64.7 Å². The molecule has 1 heterocycles. The van der Waals surface area contributed by atoms with E-state index in [0.717, 1.165) is 5.56 Å². The molecule has 4 nitrogen and oxygen atoms in total. The molecule has 1 aliphatic heterocycles. The summed E-state index contributed by atoms with van der Waals surface area (Å²) in [5, 5.41) is 9.06. The van der Waals surface area contributed by atoms with E-state index >= 15 is 0 Å². The highest BCUT2D eigenvalue weighted by molar-refractivity contribution is 5.22. The van der Waals surface area contributed by atoms with Crippen molar-refractivity contribution in [2.75, 3.05) is 19.8 Å². The van der Waals surface area contributed by atoms with Crippen LogP contribution >= 0.6 is 0 Å². The molecule has 0 spiro atoms. The van der Waals surface area contributed by atoms with Crippen molar-refractivity contribution in [2.45, 2.75) is 18.8 Å². The van der Waals surface area contributed by atoms with Crippen molar-refractivity contribution >= 4 is 0 Å². The third-order valence-corrected chi connectivity index (χ3v) is 2.71. The summed E-state index contributed by atoms with van der Waals surface area (Å²) in [6.45, 7) is 2.51. The van der Waals surface area contributed by atoms with Crippen LogP contribution in [-0.4, -0.2) is 30.5 Å². The minimum atomic E-state index is -0.763. The molecule has 4 heteroatoms. The van der Waals surface area contributed by atoms with Gasteiger partial charge in [0.1, 0.15) is 0 Å². The molecule has 3 N–H and O–H groups in total. The van der Waals surface area contributed by atoms with Crippen molar-refractivity contribution < 1.29 is 14.6 Å². The van der Waals surface area contributed by atoms with E-state index < -0.39 is 5.54 Å². The summed E-state index contributed by atoms with van der Waals surface area (Å²) >= 11 is 0. The van der Waals surface area contributed by atoms with Gasteiger partial charge in [0.2, 0.25) is 0 Å². The fourth-order valence-electron chi connectivity index (χ4n) is 1.58. The Kier molecular flexibility index (Phi) is 3.25. The van der Waals surface area contributed by atoms with Gasteiger partial charge in [0.25, 0.3) is 0 Å². The number of aryl methyl sites for hydroxylation is 1. The lowest BCUT2D eigenvalue weighted by Crippen LogP contribution is -2.55. The minimum Gasteiger partial charge on any atom is -0.394 e. The van der Waals surface area contributed by atoms with E-state index in [2.05, 4.69) is 0 Å². The molecule has 1 fully saturated rings. The predicted octanol–water partition coefficient (Wildman–Crippen LogP) is 0.730. The van der Waals surface area contributed by atoms with Crippen LogP contribution in [0.4, 0.5) is 0 Å². The Morgan fingerprint density at radius 3 is 2.38 bits per heavy atom. The first-order valence-electron chi connectivity index (χ1n) is 5.32. The maximum absolute atomic E-state index is 9.06. The van der Waals surface area contributed by atoms with Crippen LogP contribution < -0.4 is 5.73 Å². The Labute approximate surface area is 95.0 Å². The van der Waals surface area contributed by atoms with Crippen molar-refractivity contribution in [1.82, 2.24) is 0 Å². The average molecular weight is 223 g/mol. The minimum absolute atomic E-state index is 0.131. The maximum Gasteiger partial charge on any atom is 0.183 e. The maximum atomic E-state index is 9.06. The number of nitrogens with two attached hydrogens (primary N) is 1. The first-order valence-corrected chi connectivity index (χ1v) is 5.32. The Bertz CT molecular complexity index is 342. The second-order valence-electron chi connectivity index (χ2n) is 4.39. The highest BCUT2D eigenvalue weighted by Crippen LogP contribution is 2.25. The number of benzene rings is 1. The number of rotatable bonds is 2. The third kappa shape index (κ3) is 2.41. The number of ether oxygens (including phenoxy) is 2.